The van der Waals surface area contributed by atoms with Gasteiger partial charge in [0.05, 0.1) is 0 Å². The Balaban J connectivity index is 1.01. The van der Waals surface area contributed by atoms with Crippen LogP contribution in [0.4, 0.5) is 17.1 Å². The van der Waals surface area contributed by atoms with Crippen LogP contribution in [-0.4, -0.2) is 0 Å². The van der Waals surface area contributed by atoms with Crippen LogP contribution in [0.2, 0.25) is 0 Å². The van der Waals surface area contributed by atoms with Gasteiger partial charge in [0.25, 0.3) is 0 Å². The number of hydrogen-bond acceptors (Lipinski definition) is 3. The first-order valence-electron chi connectivity index (χ1n) is 21.4. The van der Waals surface area contributed by atoms with E-state index in [1.54, 1.807) is 0 Å². The van der Waals surface area contributed by atoms with E-state index in [-0.39, 0.29) is 5.41 Å². The third-order valence-corrected chi connectivity index (χ3v) is 14.7. The van der Waals surface area contributed by atoms with Crippen molar-refractivity contribution in [3.05, 3.63) is 211 Å². The minimum atomic E-state index is -0.135. The molecule has 0 bridgehead atoms. The van der Waals surface area contributed by atoms with E-state index >= 15 is 0 Å². The van der Waals surface area contributed by atoms with Gasteiger partial charge < -0.3 is 9.32 Å². The molecule has 13 rings (SSSR count). The highest BCUT2D eigenvalue weighted by atomic mass is 32.1. The molecule has 0 amide bonds. The van der Waals surface area contributed by atoms with E-state index in [0.29, 0.717) is 0 Å². The third-order valence-electron chi connectivity index (χ3n) is 13.5. The molecule has 10 aromatic carbocycles. The van der Waals surface area contributed by atoms with Gasteiger partial charge in [-0.25, -0.2) is 0 Å². The van der Waals surface area contributed by atoms with Crippen molar-refractivity contribution >= 4 is 92.1 Å². The Bertz CT molecular complexity index is 3790. The second-order valence-electron chi connectivity index (χ2n) is 17.2. The molecule has 2 heterocycles. The van der Waals surface area contributed by atoms with Crippen molar-refractivity contribution in [3.8, 4) is 33.4 Å². The van der Waals surface area contributed by atoms with E-state index in [2.05, 4.69) is 219 Å². The maximum Gasteiger partial charge on any atom is 0.143 e. The minimum Gasteiger partial charge on any atom is -0.455 e. The number of nitrogens with zero attached hydrogens (tertiary/aromatic N) is 1. The molecule has 0 aliphatic heterocycles. The Labute approximate surface area is 363 Å². The van der Waals surface area contributed by atoms with E-state index in [1.807, 2.05) is 11.3 Å². The van der Waals surface area contributed by atoms with Crippen LogP contribution in [0.3, 0.4) is 0 Å². The molecule has 0 saturated heterocycles. The molecule has 0 spiro atoms. The number of anilines is 3. The van der Waals surface area contributed by atoms with Crippen LogP contribution in [0.5, 0.6) is 0 Å². The van der Waals surface area contributed by atoms with E-state index < -0.39 is 0 Å². The molecule has 3 heteroatoms. The lowest BCUT2D eigenvalue weighted by Gasteiger charge is -2.28. The molecule has 0 unspecified atom stereocenters. The van der Waals surface area contributed by atoms with Crippen molar-refractivity contribution in [2.24, 2.45) is 0 Å². The molecular formula is C59H39NOS. The molecular weight excluding hydrogens is 771 g/mol. The highest BCUT2D eigenvalue weighted by Crippen LogP contribution is 2.52. The fourth-order valence-corrected chi connectivity index (χ4v) is 11.7. The largest absolute Gasteiger partial charge is 0.455 e. The summed E-state index contributed by atoms with van der Waals surface area (Å²) >= 11 is 1.88. The van der Waals surface area contributed by atoms with E-state index in [1.165, 1.54) is 80.7 Å². The van der Waals surface area contributed by atoms with Gasteiger partial charge in [0.1, 0.15) is 11.2 Å². The van der Waals surface area contributed by atoms with E-state index in [4.69, 9.17) is 4.42 Å². The first-order chi connectivity index (χ1) is 30.5. The summed E-state index contributed by atoms with van der Waals surface area (Å²) in [4.78, 5) is 2.42. The fraction of sp³-hybridized carbons (Fsp3) is 0.0508. The Morgan fingerprint density at radius 1 is 0.419 bits per heavy atom. The summed E-state index contributed by atoms with van der Waals surface area (Å²) in [5, 5.41) is 9.65. The molecule has 0 N–H and O–H groups in total. The van der Waals surface area contributed by atoms with Gasteiger partial charge in [-0.2, -0.15) is 0 Å². The lowest BCUT2D eigenvalue weighted by molar-refractivity contribution is 0.660. The second kappa shape index (κ2) is 13.3. The Morgan fingerprint density at radius 3 is 1.94 bits per heavy atom. The molecule has 12 aromatic rings. The third kappa shape index (κ3) is 5.16. The first-order valence-corrected chi connectivity index (χ1v) is 22.2. The zero-order valence-electron chi connectivity index (χ0n) is 34.3. The molecule has 0 radical (unpaired) electrons. The van der Waals surface area contributed by atoms with Gasteiger partial charge in [-0.05, 0) is 115 Å². The number of thiophene rings is 1. The lowest BCUT2D eigenvalue weighted by atomic mass is 9.82. The van der Waals surface area contributed by atoms with Crippen molar-refractivity contribution in [3.63, 3.8) is 0 Å². The van der Waals surface area contributed by atoms with Gasteiger partial charge in [-0.1, -0.05) is 159 Å². The van der Waals surface area contributed by atoms with Gasteiger partial charge >= 0.3 is 0 Å². The molecule has 1 aliphatic rings. The van der Waals surface area contributed by atoms with Gasteiger partial charge in [0.2, 0.25) is 0 Å². The van der Waals surface area contributed by atoms with E-state index in [0.717, 1.165) is 44.6 Å². The maximum absolute atomic E-state index is 6.97. The van der Waals surface area contributed by atoms with Gasteiger partial charge in [0.15, 0.2) is 0 Å². The fourth-order valence-electron chi connectivity index (χ4n) is 10.5. The molecule has 2 aromatic heterocycles. The van der Waals surface area contributed by atoms with E-state index in [9.17, 15) is 0 Å². The predicted molar refractivity (Wildman–Crippen MR) is 265 cm³/mol. The topological polar surface area (TPSA) is 16.4 Å². The van der Waals surface area contributed by atoms with Crippen molar-refractivity contribution in [1.29, 1.82) is 0 Å². The SMILES string of the molecule is CC1(C)c2ccccc2-c2ccc(N(c3ccc(-c4cccc5c4sc4ccccc45)cc3)c3ccc4oc5c(-c6cccc7ccccc67)c6ccccc6cc5c4c3)cc21. The van der Waals surface area contributed by atoms with Crippen LogP contribution in [0.15, 0.2) is 205 Å². The first kappa shape index (κ1) is 35.3. The number of rotatable bonds is 5. The van der Waals surface area contributed by atoms with Crippen molar-refractivity contribution < 1.29 is 4.42 Å². The molecule has 292 valence electrons. The average molecular weight is 810 g/mol. The van der Waals surface area contributed by atoms with Gasteiger partial charge in [-0.15, -0.1) is 11.3 Å². The van der Waals surface area contributed by atoms with Crippen LogP contribution in [0.25, 0.3) is 97.0 Å². The Morgan fingerprint density at radius 2 is 1.05 bits per heavy atom. The van der Waals surface area contributed by atoms with Crippen LogP contribution >= 0.6 is 11.3 Å². The normalized spacial score (nSPS) is 13.1. The maximum atomic E-state index is 6.97. The molecule has 0 saturated carbocycles. The van der Waals surface area contributed by atoms with Gasteiger partial charge in [0, 0.05) is 59.0 Å². The molecule has 0 fully saturated rings. The van der Waals surface area contributed by atoms with Crippen molar-refractivity contribution in [2.45, 2.75) is 19.3 Å². The molecule has 1 aliphatic carbocycles. The zero-order chi connectivity index (χ0) is 41.1. The standard InChI is InChI=1S/C59H39NOS/c1-59(2)52-23-9-7-18-45(52)46-31-29-41(35-53(46)59)60(39-27-25-37(26-28-39)44-20-12-22-49-47-19-8-10-24-55(47)62-58(44)49)40-30-32-54-50(34-40)51-33-38-14-4-6-17-43(38)56(57(51)61-54)48-21-11-15-36-13-3-5-16-42(36)48/h3-35H,1-2H3. The lowest BCUT2D eigenvalue weighted by Crippen LogP contribution is -2.16. The summed E-state index contributed by atoms with van der Waals surface area (Å²) < 4.78 is 9.61. The quantitative estimate of drug-likeness (QED) is 0.172. The predicted octanol–water partition coefficient (Wildman–Crippen LogP) is 17.4. The summed E-state index contributed by atoms with van der Waals surface area (Å²) in [6, 6.07) is 73.6. The number of fused-ring (bicyclic) bond motifs is 11. The molecule has 2 nitrogen and oxygen atoms in total. The minimum absolute atomic E-state index is 0.135. The van der Waals surface area contributed by atoms with Crippen LogP contribution in [0, 0.1) is 0 Å². The summed E-state index contributed by atoms with van der Waals surface area (Å²) in [6.07, 6.45) is 0. The van der Waals surface area contributed by atoms with Gasteiger partial charge in [-0.3, -0.25) is 0 Å². The second-order valence-corrected chi connectivity index (χ2v) is 18.3. The molecule has 62 heavy (non-hydrogen) atoms. The summed E-state index contributed by atoms with van der Waals surface area (Å²) in [5.41, 5.74) is 15.1. The highest BCUT2D eigenvalue weighted by Gasteiger charge is 2.36. The highest BCUT2D eigenvalue weighted by molar-refractivity contribution is 7.26. The number of hydrogen-bond donors (Lipinski definition) is 0. The van der Waals surface area contributed by atoms with Crippen LogP contribution in [-0.2, 0) is 5.41 Å². The Hall–Kier alpha value is -7.46. The Kier molecular flexibility index (Phi) is 7.56. The monoisotopic (exact) mass is 809 g/mol. The van der Waals surface area contributed by atoms with Crippen molar-refractivity contribution in [1.82, 2.24) is 0 Å². The number of benzene rings is 10. The van der Waals surface area contributed by atoms with Crippen molar-refractivity contribution in [2.75, 3.05) is 4.90 Å². The summed E-state index contributed by atoms with van der Waals surface area (Å²) in [5.74, 6) is 0. The summed E-state index contributed by atoms with van der Waals surface area (Å²) in [6.45, 7) is 4.72. The molecule has 0 atom stereocenters. The van der Waals surface area contributed by atoms with Crippen LogP contribution < -0.4 is 4.90 Å². The van der Waals surface area contributed by atoms with Crippen LogP contribution in [0.1, 0.15) is 25.0 Å². The smallest absolute Gasteiger partial charge is 0.143 e. The summed E-state index contributed by atoms with van der Waals surface area (Å²) in [7, 11) is 0. The average Bonchev–Trinajstić information content (AvgIpc) is 3.95. The number of furan rings is 1. The zero-order valence-corrected chi connectivity index (χ0v) is 35.1.